The minimum Gasteiger partial charge on any atom is -0.335 e. The number of hydrogen-bond acceptors (Lipinski definition) is 6. The second-order valence-electron chi connectivity index (χ2n) is 6.54. The summed E-state index contributed by atoms with van der Waals surface area (Å²) in [5, 5.41) is 13.5. The van der Waals surface area contributed by atoms with E-state index in [1.54, 1.807) is 10.7 Å². The zero-order valence-electron chi connectivity index (χ0n) is 16.3. The van der Waals surface area contributed by atoms with E-state index in [4.69, 9.17) is 5.84 Å². The Bertz CT molecular complexity index is 1220. The van der Waals surface area contributed by atoms with Gasteiger partial charge in [-0.1, -0.05) is 60.3 Å². The molecule has 0 fully saturated rings. The lowest BCUT2D eigenvalue weighted by molar-refractivity contribution is -0.146. The van der Waals surface area contributed by atoms with Crippen LogP contribution in [0.15, 0.2) is 71.9 Å². The van der Waals surface area contributed by atoms with E-state index >= 15 is 0 Å². The van der Waals surface area contributed by atoms with Crippen LogP contribution in [0.25, 0.3) is 16.9 Å². The van der Waals surface area contributed by atoms with Crippen molar-refractivity contribution in [2.24, 2.45) is 0 Å². The SMILES string of the molecule is Nn1c(SCC(=O)Nc2cc(-c3ccccc3)nn2-c2ccccc2)nnc1C(F)(F)F. The van der Waals surface area contributed by atoms with Crippen LogP contribution >= 0.6 is 11.8 Å². The molecule has 2 heterocycles. The zero-order chi connectivity index (χ0) is 22.7. The largest absolute Gasteiger partial charge is 0.453 e. The summed E-state index contributed by atoms with van der Waals surface area (Å²) in [5.41, 5.74) is 2.24. The smallest absolute Gasteiger partial charge is 0.335 e. The summed E-state index contributed by atoms with van der Waals surface area (Å²) in [7, 11) is 0. The van der Waals surface area contributed by atoms with E-state index < -0.39 is 17.9 Å². The topological polar surface area (TPSA) is 104 Å². The van der Waals surface area contributed by atoms with Crippen LogP contribution in [0.1, 0.15) is 5.82 Å². The van der Waals surface area contributed by atoms with Crippen molar-refractivity contribution in [3.63, 3.8) is 0 Å². The maximum absolute atomic E-state index is 12.8. The van der Waals surface area contributed by atoms with Crippen LogP contribution in [0.2, 0.25) is 0 Å². The van der Waals surface area contributed by atoms with Crippen LogP contribution in [0.5, 0.6) is 0 Å². The fraction of sp³-hybridized carbons (Fsp3) is 0.100. The molecule has 0 aliphatic heterocycles. The molecule has 0 saturated carbocycles. The first kappa shape index (κ1) is 21.4. The number of para-hydroxylation sites is 1. The van der Waals surface area contributed by atoms with Gasteiger partial charge in [0.1, 0.15) is 5.82 Å². The van der Waals surface area contributed by atoms with Crippen LogP contribution < -0.4 is 11.2 Å². The number of nitrogens with two attached hydrogens (primary N) is 1. The molecule has 0 atom stereocenters. The van der Waals surface area contributed by atoms with E-state index in [1.165, 1.54) is 0 Å². The van der Waals surface area contributed by atoms with Crippen LogP contribution in [0, 0.1) is 0 Å². The van der Waals surface area contributed by atoms with Crippen molar-refractivity contribution in [2.45, 2.75) is 11.3 Å². The first-order chi connectivity index (χ1) is 15.3. The molecule has 0 saturated heterocycles. The zero-order valence-corrected chi connectivity index (χ0v) is 17.1. The van der Waals surface area contributed by atoms with Gasteiger partial charge in [0.25, 0.3) is 5.82 Å². The second-order valence-corrected chi connectivity index (χ2v) is 7.48. The van der Waals surface area contributed by atoms with Crippen LogP contribution in [0.3, 0.4) is 0 Å². The Morgan fingerprint density at radius 2 is 1.69 bits per heavy atom. The van der Waals surface area contributed by atoms with Crippen molar-refractivity contribution in [1.82, 2.24) is 24.7 Å². The molecule has 0 radical (unpaired) electrons. The normalized spacial score (nSPS) is 11.5. The predicted octanol–water partition coefficient (Wildman–Crippen LogP) is 3.59. The van der Waals surface area contributed by atoms with E-state index in [0.29, 0.717) is 16.2 Å². The average molecular weight is 459 g/mol. The molecule has 4 aromatic rings. The number of anilines is 1. The first-order valence-corrected chi connectivity index (χ1v) is 10.2. The van der Waals surface area contributed by atoms with E-state index in [9.17, 15) is 18.0 Å². The number of aromatic nitrogens is 5. The van der Waals surface area contributed by atoms with Gasteiger partial charge in [-0.05, 0) is 12.1 Å². The highest BCUT2D eigenvalue weighted by Gasteiger charge is 2.38. The second kappa shape index (κ2) is 8.75. The quantitative estimate of drug-likeness (QED) is 0.337. The fourth-order valence-electron chi connectivity index (χ4n) is 2.86. The summed E-state index contributed by atoms with van der Waals surface area (Å²) >= 11 is 0.739. The minimum absolute atomic E-state index is 0.228. The highest BCUT2D eigenvalue weighted by Crippen LogP contribution is 2.29. The predicted molar refractivity (Wildman–Crippen MR) is 114 cm³/mol. The number of carbonyl (C=O) groups excluding carboxylic acids is 1. The highest BCUT2D eigenvalue weighted by atomic mass is 32.2. The Morgan fingerprint density at radius 1 is 1.03 bits per heavy atom. The van der Waals surface area contributed by atoms with Gasteiger partial charge in [0.05, 0.1) is 17.1 Å². The minimum atomic E-state index is -4.74. The van der Waals surface area contributed by atoms with Crippen LogP contribution in [-0.4, -0.2) is 36.3 Å². The van der Waals surface area contributed by atoms with Crippen molar-refractivity contribution in [3.8, 4) is 16.9 Å². The van der Waals surface area contributed by atoms with Crippen molar-refractivity contribution in [1.29, 1.82) is 0 Å². The molecule has 0 bridgehead atoms. The maximum Gasteiger partial charge on any atom is 0.453 e. The number of benzene rings is 2. The Labute approximate surface area is 184 Å². The van der Waals surface area contributed by atoms with E-state index in [1.807, 2.05) is 60.7 Å². The molecule has 1 amide bonds. The Balaban J connectivity index is 1.54. The molecule has 8 nitrogen and oxygen atoms in total. The molecule has 32 heavy (non-hydrogen) atoms. The summed E-state index contributed by atoms with van der Waals surface area (Å²) in [5.74, 6) is 3.77. The van der Waals surface area contributed by atoms with Crippen molar-refractivity contribution < 1.29 is 18.0 Å². The van der Waals surface area contributed by atoms with Crippen LogP contribution in [-0.2, 0) is 11.0 Å². The lowest BCUT2D eigenvalue weighted by atomic mass is 10.2. The number of nitrogens with zero attached hydrogens (tertiary/aromatic N) is 5. The number of halogens is 3. The van der Waals surface area contributed by atoms with Gasteiger partial charge in [0.2, 0.25) is 11.1 Å². The Morgan fingerprint density at radius 3 is 2.31 bits per heavy atom. The summed E-state index contributed by atoms with van der Waals surface area (Å²) in [6, 6.07) is 20.4. The third kappa shape index (κ3) is 4.59. The van der Waals surface area contributed by atoms with E-state index in [-0.39, 0.29) is 10.9 Å². The number of rotatable bonds is 6. The molecule has 12 heteroatoms. The lowest BCUT2D eigenvalue weighted by Crippen LogP contribution is -2.22. The van der Waals surface area contributed by atoms with Crippen LogP contribution in [0.4, 0.5) is 19.0 Å². The third-order valence-corrected chi connectivity index (χ3v) is 5.24. The molecule has 3 N–H and O–H groups in total. The summed E-state index contributed by atoms with van der Waals surface area (Å²) in [4.78, 5) is 12.5. The molecule has 0 aliphatic rings. The summed E-state index contributed by atoms with van der Waals surface area (Å²) in [6.07, 6.45) is -4.74. The first-order valence-electron chi connectivity index (χ1n) is 9.24. The number of nitrogen functional groups attached to an aromatic ring is 1. The van der Waals surface area contributed by atoms with Gasteiger partial charge >= 0.3 is 6.18 Å². The van der Waals surface area contributed by atoms with Gasteiger partial charge in [-0.2, -0.15) is 18.3 Å². The highest BCUT2D eigenvalue weighted by molar-refractivity contribution is 7.99. The number of nitrogens with one attached hydrogen (secondary N) is 1. The maximum atomic E-state index is 12.8. The Kier molecular flexibility index (Phi) is 5.86. The lowest BCUT2D eigenvalue weighted by Gasteiger charge is -2.09. The van der Waals surface area contributed by atoms with Gasteiger partial charge in [0.15, 0.2) is 0 Å². The molecule has 0 aliphatic carbocycles. The molecule has 2 aromatic heterocycles. The van der Waals surface area contributed by atoms with E-state index in [2.05, 4.69) is 20.6 Å². The van der Waals surface area contributed by atoms with Gasteiger partial charge < -0.3 is 11.2 Å². The molecule has 164 valence electrons. The Hall–Kier alpha value is -3.80. The van der Waals surface area contributed by atoms with Gasteiger partial charge in [-0.25, -0.2) is 9.36 Å². The third-order valence-electron chi connectivity index (χ3n) is 4.30. The number of carbonyl (C=O) groups is 1. The van der Waals surface area contributed by atoms with Gasteiger partial charge in [-0.15, -0.1) is 10.2 Å². The number of thioether (sulfide) groups is 1. The van der Waals surface area contributed by atoms with Crippen molar-refractivity contribution in [2.75, 3.05) is 16.9 Å². The van der Waals surface area contributed by atoms with Crippen molar-refractivity contribution in [3.05, 3.63) is 72.6 Å². The summed E-state index contributed by atoms with van der Waals surface area (Å²) in [6.45, 7) is 0. The molecule has 0 unspecified atom stereocenters. The van der Waals surface area contributed by atoms with Gasteiger partial charge in [-0.3, -0.25) is 4.79 Å². The standard InChI is InChI=1S/C20H16F3N7OS/c21-20(22,23)18-26-27-19(29(18)24)32-12-17(31)25-16-11-15(13-7-3-1-4-8-13)28-30(16)14-9-5-2-6-10-14/h1-11H,12,24H2,(H,25,31). The molecule has 4 rings (SSSR count). The number of alkyl halides is 3. The monoisotopic (exact) mass is 459 g/mol. The molecule has 0 spiro atoms. The number of hydrogen-bond donors (Lipinski definition) is 2. The fourth-order valence-corrected chi connectivity index (χ4v) is 3.52. The van der Waals surface area contributed by atoms with E-state index in [0.717, 1.165) is 23.0 Å². The van der Waals surface area contributed by atoms with Crippen molar-refractivity contribution >= 4 is 23.5 Å². The molecular formula is C20H16F3N7OS. The average Bonchev–Trinajstić information content (AvgIpc) is 3.37. The van der Waals surface area contributed by atoms with Gasteiger partial charge in [0, 0.05) is 11.6 Å². The molecule has 2 aromatic carbocycles. The molecular weight excluding hydrogens is 443 g/mol. The number of amides is 1. The summed E-state index contributed by atoms with van der Waals surface area (Å²) < 4.78 is 40.3.